The summed E-state index contributed by atoms with van der Waals surface area (Å²) in [5, 5.41) is 20.7. The number of rotatable bonds is 2. The lowest BCUT2D eigenvalue weighted by Crippen LogP contribution is -2.64. The zero-order chi connectivity index (χ0) is 18.5. The number of aliphatic hydroxyl groups excluding tert-OH is 1. The first-order valence-electron chi connectivity index (χ1n) is 8.08. The second kappa shape index (κ2) is 6.24. The molecule has 140 valence electrons. The lowest BCUT2D eigenvalue weighted by atomic mass is 9.75. The maximum Gasteiger partial charge on any atom is 0.243 e. The van der Waals surface area contributed by atoms with Crippen molar-refractivity contribution in [1.82, 2.24) is 4.31 Å². The van der Waals surface area contributed by atoms with Crippen molar-refractivity contribution in [2.24, 2.45) is 0 Å². The fourth-order valence-corrected chi connectivity index (χ4v) is 5.01. The average molecular weight is 377 g/mol. The third-order valence-corrected chi connectivity index (χ3v) is 7.08. The second-order valence-electron chi connectivity index (χ2n) is 6.90. The molecular weight excluding hydrogens is 356 g/mol. The molecule has 2 N–H and O–H groups in total. The lowest BCUT2D eigenvalue weighted by Gasteiger charge is -2.51. The van der Waals surface area contributed by atoms with Crippen LogP contribution >= 0.6 is 0 Å². The number of piperidine rings is 1. The molecule has 0 bridgehead atoms. The Kier molecular flexibility index (Phi) is 4.66. The molecule has 1 spiro atoms. The zero-order valence-electron chi connectivity index (χ0n) is 13.8. The minimum absolute atomic E-state index is 0.0501. The molecule has 2 atom stereocenters. The van der Waals surface area contributed by atoms with E-state index in [1.54, 1.807) is 0 Å². The molecule has 3 rings (SSSR count). The van der Waals surface area contributed by atoms with Crippen molar-refractivity contribution in [2.75, 3.05) is 19.7 Å². The van der Waals surface area contributed by atoms with Gasteiger partial charge in [0.1, 0.15) is 6.10 Å². The van der Waals surface area contributed by atoms with Gasteiger partial charge in [-0.15, -0.1) is 0 Å². The molecule has 1 aromatic rings. The molecule has 0 aliphatic carbocycles. The van der Waals surface area contributed by atoms with E-state index in [1.807, 2.05) is 0 Å². The normalized spacial score (nSPS) is 30.5. The van der Waals surface area contributed by atoms with Crippen LogP contribution in [-0.4, -0.2) is 59.9 Å². The third-order valence-electron chi connectivity index (χ3n) is 5.18. The molecular formula is C16H21F2NO5S. The molecule has 25 heavy (non-hydrogen) atoms. The standard InChI is InChI=1S/C16H21F2NO5S/c1-15(21)6-9-24-16(14(15)20)4-7-19(8-5-16)25(22,23)11-2-3-12(17)13(18)10-11/h2-3,10,14,20-21H,4-9H2,1H3/t14?,15-/m1/s1. The largest absolute Gasteiger partial charge is 0.387 e. The third kappa shape index (κ3) is 3.19. The zero-order valence-corrected chi connectivity index (χ0v) is 14.6. The van der Waals surface area contributed by atoms with E-state index in [0.717, 1.165) is 16.4 Å². The van der Waals surface area contributed by atoms with Gasteiger partial charge in [0.2, 0.25) is 10.0 Å². The summed E-state index contributed by atoms with van der Waals surface area (Å²) in [6, 6.07) is 2.46. The van der Waals surface area contributed by atoms with Gasteiger partial charge in [-0.3, -0.25) is 0 Å². The van der Waals surface area contributed by atoms with E-state index in [1.165, 1.54) is 6.92 Å². The monoisotopic (exact) mass is 377 g/mol. The number of sulfonamides is 1. The molecule has 0 amide bonds. The Morgan fingerprint density at radius 1 is 1.20 bits per heavy atom. The summed E-state index contributed by atoms with van der Waals surface area (Å²) in [4.78, 5) is -0.320. The van der Waals surface area contributed by atoms with Crippen LogP contribution in [0.2, 0.25) is 0 Å². The fraction of sp³-hybridized carbons (Fsp3) is 0.625. The SMILES string of the molecule is C[C@@]1(O)CCOC2(CCN(S(=O)(=O)c3ccc(F)c(F)c3)CC2)C1O. The Morgan fingerprint density at radius 2 is 1.84 bits per heavy atom. The summed E-state index contributed by atoms with van der Waals surface area (Å²) in [7, 11) is -3.98. The Morgan fingerprint density at radius 3 is 2.44 bits per heavy atom. The Labute approximate surface area is 145 Å². The minimum Gasteiger partial charge on any atom is -0.387 e. The molecule has 1 aromatic carbocycles. The number of ether oxygens (including phenoxy) is 1. The van der Waals surface area contributed by atoms with Crippen LogP contribution in [0.25, 0.3) is 0 Å². The Balaban J connectivity index is 1.78. The summed E-state index contributed by atoms with van der Waals surface area (Å²) in [5.74, 6) is -2.34. The average Bonchev–Trinajstić information content (AvgIpc) is 2.55. The van der Waals surface area contributed by atoms with Crippen LogP contribution < -0.4 is 0 Å². The van der Waals surface area contributed by atoms with E-state index < -0.39 is 39.0 Å². The molecule has 2 saturated heterocycles. The van der Waals surface area contributed by atoms with E-state index in [4.69, 9.17) is 4.74 Å². The predicted octanol–water partition coefficient (Wildman–Crippen LogP) is 1.02. The molecule has 0 radical (unpaired) electrons. The summed E-state index contributed by atoms with van der Waals surface area (Å²) < 4.78 is 58.5. The van der Waals surface area contributed by atoms with Gasteiger partial charge in [0.15, 0.2) is 11.6 Å². The number of nitrogens with zero attached hydrogens (tertiary/aromatic N) is 1. The van der Waals surface area contributed by atoms with Crippen molar-refractivity contribution < 1.29 is 32.1 Å². The van der Waals surface area contributed by atoms with Crippen LogP contribution in [-0.2, 0) is 14.8 Å². The summed E-state index contributed by atoms with van der Waals surface area (Å²) >= 11 is 0. The van der Waals surface area contributed by atoms with Crippen molar-refractivity contribution in [3.63, 3.8) is 0 Å². The highest BCUT2D eigenvalue weighted by atomic mass is 32.2. The molecule has 2 aliphatic heterocycles. The quantitative estimate of drug-likeness (QED) is 0.804. The van der Waals surface area contributed by atoms with Gasteiger partial charge >= 0.3 is 0 Å². The van der Waals surface area contributed by atoms with Gasteiger partial charge in [0.25, 0.3) is 0 Å². The number of hydrogen-bond donors (Lipinski definition) is 2. The lowest BCUT2D eigenvalue weighted by molar-refractivity contribution is -0.243. The molecule has 0 aromatic heterocycles. The Bertz CT molecular complexity index is 760. The van der Waals surface area contributed by atoms with Gasteiger partial charge < -0.3 is 14.9 Å². The van der Waals surface area contributed by atoms with Gasteiger partial charge in [-0.1, -0.05) is 0 Å². The number of aliphatic hydroxyl groups is 2. The molecule has 2 aliphatic rings. The first kappa shape index (κ1) is 18.7. The molecule has 2 fully saturated rings. The van der Waals surface area contributed by atoms with Gasteiger partial charge in [-0.2, -0.15) is 4.31 Å². The van der Waals surface area contributed by atoms with Gasteiger partial charge in [0.05, 0.1) is 22.7 Å². The number of benzene rings is 1. The number of halogens is 2. The van der Waals surface area contributed by atoms with E-state index in [0.29, 0.717) is 12.5 Å². The van der Waals surface area contributed by atoms with Gasteiger partial charge in [-0.05, 0) is 38.0 Å². The van der Waals surface area contributed by atoms with Crippen molar-refractivity contribution in [2.45, 2.75) is 48.4 Å². The first-order valence-corrected chi connectivity index (χ1v) is 9.52. The smallest absolute Gasteiger partial charge is 0.243 e. The molecule has 0 saturated carbocycles. The maximum atomic E-state index is 13.4. The van der Waals surface area contributed by atoms with Crippen molar-refractivity contribution >= 4 is 10.0 Å². The van der Waals surface area contributed by atoms with Crippen molar-refractivity contribution in [1.29, 1.82) is 0 Å². The van der Waals surface area contributed by atoms with Crippen LogP contribution in [0.4, 0.5) is 8.78 Å². The van der Waals surface area contributed by atoms with Crippen LogP contribution in [0.15, 0.2) is 23.1 Å². The topological polar surface area (TPSA) is 87.1 Å². The minimum atomic E-state index is -3.98. The highest BCUT2D eigenvalue weighted by molar-refractivity contribution is 7.89. The van der Waals surface area contributed by atoms with Crippen LogP contribution in [0, 0.1) is 11.6 Å². The van der Waals surface area contributed by atoms with Crippen molar-refractivity contribution in [3.8, 4) is 0 Å². The second-order valence-corrected chi connectivity index (χ2v) is 8.84. The molecule has 6 nitrogen and oxygen atoms in total. The summed E-state index contributed by atoms with van der Waals surface area (Å²) in [6.07, 6.45) is -0.422. The van der Waals surface area contributed by atoms with E-state index >= 15 is 0 Å². The highest BCUT2D eigenvalue weighted by Gasteiger charge is 2.53. The summed E-state index contributed by atoms with van der Waals surface area (Å²) in [5.41, 5.74) is -2.29. The molecule has 9 heteroatoms. The molecule has 2 heterocycles. The first-order chi connectivity index (χ1) is 11.6. The van der Waals surface area contributed by atoms with E-state index in [9.17, 15) is 27.4 Å². The van der Waals surface area contributed by atoms with Crippen LogP contribution in [0.1, 0.15) is 26.2 Å². The van der Waals surface area contributed by atoms with Crippen molar-refractivity contribution in [3.05, 3.63) is 29.8 Å². The Hall–Kier alpha value is -1.13. The van der Waals surface area contributed by atoms with Gasteiger partial charge in [-0.25, -0.2) is 17.2 Å². The van der Waals surface area contributed by atoms with E-state index in [-0.39, 0.29) is 37.4 Å². The van der Waals surface area contributed by atoms with Gasteiger partial charge in [0, 0.05) is 19.5 Å². The molecule has 1 unspecified atom stereocenters. The number of hydrogen-bond acceptors (Lipinski definition) is 5. The van der Waals surface area contributed by atoms with E-state index in [2.05, 4.69) is 0 Å². The predicted molar refractivity (Wildman–Crippen MR) is 84.3 cm³/mol. The van der Waals surface area contributed by atoms with Crippen LogP contribution in [0.3, 0.4) is 0 Å². The fourth-order valence-electron chi connectivity index (χ4n) is 3.55. The summed E-state index contributed by atoms with van der Waals surface area (Å²) in [6.45, 7) is 1.91. The van der Waals surface area contributed by atoms with Crippen LogP contribution in [0.5, 0.6) is 0 Å². The highest BCUT2D eigenvalue weighted by Crippen LogP contribution is 2.40. The maximum absolute atomic E-state index is 13.4.